The number of nitrogens with one attached hydrogen (secondary N) is 2. The Morgan fingerprint density at radius 1 is 1.33 bits per heavy atom. The van der Waals surface area contributed by atoms with Crippen LogP contribution in [-0.2, 0) is 21.4 Å². The Labute approximate surface area is 136 Å². The predicted octanol–water partition coefficient (Wildman–Crippen LogP) is 1.16. The molecule has 128 valence electrons. The summed E-state index contributed by atoms with van der Waals surface area (Å²) in [4.78, 5) is 20.5. The highest BCUT2D eigenvalue weighted by molar-refractivity contribution is 7.89. The first-order valence-corrected chi connectivity index (χ1v) is 8.04. The van der Waals surface area contributed by atoms with E-state index in [1.807, 2.05) is 4.72 Å². The molecule has 1 aromatic carbocycles. The molecule has 0 saturated carbocycles. The van der Waals surface area contributed by atoms with Crippen LogP contribution in [0.25, 0.3) is 0 Å². The molecule has 3 N–H and O–H groups in total. The maximum atomic E-state index is 11.9. The van der Waals surface area contributed by atoms with Crippen LogP contribution in [-0.4, -0.2) is 31.0 Å². The summed E-state index contributed by atoms with van der Waals surface area (Å²) < 4.78 is 30.8. The molecule has 1 heterocycles. The summed E-state index contributed by atoms with van der Waals surface area (Å²) in [5.74, 6) is -0.825. The van der Waals surface area contributed by atoms with Gasteiger partial charge in [0.25, 0.3) is 5.69 Å². The lowest BCUT2D eigenvalue weighted by Gasteiger charge is -2.08. The van der Waals surface area contributed by atoms with Gasteiger partial charge in [-0.1, -0.05) is 0 Å². The van der Waals surface area contributed by atoms with Gasteiger partial charge in [0.1, 0.15) is 18.0 Å². The van der Waals surface area contributed by atoms with E-state index in [0.717, 1.165) is 12.1 Å². The van der Waals surface area contributed by atoms with Crippen molar-refractivity contribution in [2.45, 2.75) is 11.4 Å². The van der Waals surface area contributed by atoms with Crippen molar-refractivity contribution >= 4 is 27.4 Å². The summed E-state index contributed by atoms with van der Waals surface area (Å²) in [6.45, 7) is -0.647. The standard InChI is InChI=1S/C13H13N3O7S/c17-13(18)8-15-24(21,22)10-3-4-11(12(6-10)16(19)20)14-7-9-2-1-5-23-9/h1-6,14-15H,7-8H2,(H,17,18). The molecule has 0 unspecified atom stereocenters. The van der Waals surface area contributed by atoms with Gasteiger partial charge < -0.3 is 14.8 Å². The Balaban J connectivity index is 2.25. The van der Waals surface area contributed by atoms with E-state index in [4.69, 9.17) is 9.52 Å². The normalized spacial score (nSPS) is 11.2. The smallest absolute Gasteiger partial charge is 0.318 e. The van der Waals surface area contributed by atoms with E-state index in [2.05, 4.69) is 5.32 Å². The number of nitro benzene ring substituents is 1. The third kappa shape index (κ3) is 4.30. The molecule has 2 aromatic rings. The van der Waals surface area contributed by atoms with Gasteiger partial charge in [-0.2, -0.15) is 4.72 Å². The van der Waals surface area contributed by atoms with Crippen LogP contribution in [0.15, 0.2) is 45.9 Å². The molecule has 0 spiro atoms. The SMILES string of the molecule is O=C(O)CNS(=O)(=O)c1ccc(NCc2ccco2)c([N+](=O)[O-])c1. The number of anilines is 1. The Bertz CT molecular complexity index is 846. The summed E-state index contributed by atoms with van der Waals surface area (Å²) in [6, 6.07) is 6.56. The fourth-order valence-corrected chi connectivity index (χ4v) is 2.81. The molecule has 0 amide bonds. The van der Waals surface area contributed by atoms with Crippen LogP contribution in [0, 0.1) is 10.1 Å². The first-order chi connectivity index (χ1) is 11.3. The van der Waals surface area contributed by atoms with Gasteiger partial charge in [0, 0.05) is 6.07 Å². The molecule has 0 aliphatic rings. The lowest BCUT2D eigenvalue weighted by atomic mass is 10.2. The van der Waals surface area contributed by atoms with Crippen LogP contribution in [0.3, 0.4) is 0 Å². The molecule has 0 fully saturated rings. The minimum Gasteiger partial charge on any atom is -0.480 e. The third-order valence-corrected chi connectivity index (χ3v) is 4.32. The van der Waals surface area contributed by atoms with E-state index in [1.54, 1.807) is 12.1 Å². The third-order valence-electron chi connectivity index (χ3n) is 2.92. The maximum absolute atomic E-state index is 11.9. The minimum atomic E-state index is -4.17. The second-order valence-electron chi connectivity index (χ2n) is 4.59. The fourth-order valence-electron chi connectivity index (χ4n) is 1.81. The largest absolute Gasteiger partial charge is 0.480 e. The molecule has 0 saturated heterocycles. The Morgan fingerprint density at radius 3 is 2.67 bits per heavy atom. The second-order valence-corrected chi connectivity index (χ2v) is 6.35. The highest BCUT2D eigenvalue weighted by Crippen LogP contribution is 2.28. The van der Waals surface area contributed by atoms with Gasteiger partial charge in [0.2, 0.25) is 10.0 Å². The lowest BCUT2D eigenvalue weighted by Crippen LogP contribution is -2.29. The first-order valence-electron chi connectivity index (χ1n) is 6.56. The van der Waals surface area contributed by atoms with E-state index in [-0.39, 0.29) is 12.2 Å². The van der Waals surface area contributed by atoms with Crippen LogP contribution < -0.4 is 10.0 Å². The number of hydrogen-bond acceptors (Lipinski definition) is 7. The number of hydrogen-bond donors (Lipinski definition) is 3. The summed E-state index contributed by atoms with van der Waals surface area (Å²) in [7, 11) is -4.17. The number of carboxylic acids is 1. The van der Waals surface area contributed by atoms with Crippen molar-refractivity contribution in [2.75, 3.05) is 11.9 Å². The van der Waals surface area contributed by atoms with Crippen molar-refractivity contribution in [3.63, 3.8) is 0 Å². The van der Waals surface area contributed by atoms with Crippen LogP contribution in [0.2, 0.25) is 0 Å². The molecule has 11 heteroatoms. The van der Waals surface area contributed by atoms with Gasteiger partial charge in [-0.15, -0.1) is 0 Å². The molecule has 0 atom stereocenters. The van der Waals surface area contributed by atoms with Gasteiger partial charge in [-0.05, 0) is 24.3 Å². The van der Waals surface area contributed by atoms with Gasteiger partial charge >= 0.3 is 5.97 Å². The Morgan fingerprint density at radius 2 is 2.08 bits per heavy atom. The van der Waals surface area contributed by atoms with Gasteiger partial charge in [-0.3, -0.25) is 14.9 Å². The number of carboxylic acid groups (broad SMARTS) is 1. The maximum Gasteiger partial charge on any atom is 0.318 e. The zero-order valence-corrected chi connectivity index (χ0v) is 12.9. The topological polar surface area (TPSA) is 152 Å². The number of sulfonamides is 1. The minimum absolute atomic E-state index is 0.105. The van der Waals surface area contributed by atoms with E-state index >= 15 is 0 Å². The van der Waals surface area contributed by atoms with Crippen LogP contribution >= 0.6 is 0 Å². The van der Waals surface area contributed by atoms with Crippen molar-refractivity contribution < 1.29 is 27.7 Å². The average Bonchev–Trinajstić information content (AvgIpc) is 3.04. The zero-order chi connectivity index (χ0) is 17.7. The van der Waals surface area contributed by atoms with Crippen LogP contribution in [0.4, 0.5) is 11.4 Å². The zero-order valence-electron chi connectivity index (χ0n) is 12.1. The van der Waals surface area contributed by atoms with Crippen molar-refractivity contribution in [3.8, 4) is 0 Å². The number of carbonyl (C=O) groups is 1. The fraction of sp³-hybridized carbons (Fsp3) is 0.154. The molecule has 10 nitrogen and oxygen atoms in total. The molecular formula is C13H13N3O7S. The average molecular weight is 355 g/mol. The quantitative estimate of drug-likeness (QED) is 0.471. The summed E-state index contributed by atoms with van der Waals surface area (Å²) in [5, 5.41) is 22.5. The number of rotatable bonds is 8. The molecule has 0 aliphatic heterocycles. The number of furan rings is 1. The highest BCUT2D eigenvalue weighted by Gasteiger charge is 2.22. The molecule has 24 heavy (non-hydrogen) atoms. The van der Waals surface area contributed by atoms with E-state index < -0.39 is 38.0 Å². The lowest BCUT2D eigenvalue weighted by molar-refractivity contribution is -0.384. The number of nitrogens with zero attached hydrogens (tertiary/aromatic N) is 1. The van der Waals surface area contributed by atoms with Crippen LogP contribution in [0.1, 0.15) is 5.76 Å². The van der Waals surface area contributed by atoms with Crippen molar-refractivity contribution in [2.24, 2.45) is 0 Å². The number of aliphatic carboxylic acids is 1. The molecule has 1 aromatic heterocycles. The van der Waals surface area contributed by atoms with Crippen molar-refractivity contribution in [1.82, 2.24) is 4.72 Å². The van der Waals surface area contributed by atoms with E-state index in [1.165, 1.54) is 12.3 Å². The predicted molar refractivity (Wildman–Crippen MR) is 82.0 cm³/mol. The van der Waals surface area contributed by atoms with Gasteiger partial charge in [0.15, 0.2) is 0 Å². The molecular weight excluding hydrogens is 342 g/mol. The molecule has 0 aliphatic carbocycles. The van der Waals surface area contributed by atoms with Gasteiger partial charge in [-0.25, -0.2) is 8.42 Å². The molecule has 2 rings (SSSR count). The molecule has 0 radical (unpaired) electrons. The van der Waals surface area contributed by atoms with Gasteiger partial charge in [0.05, 0.1) is 22.6 Å². The number of nitro groups is 1. The van der Waals surface area contributed by atoms with E-state index in [9.17, 15) is 23.3 Å². The summed E-state index contributed by atoms with van der Waals surface area (Å²) in [5.41, 5.74) is -0.353. The van der Waals surface area contributed by atoms with Crippen LogP contribution in [0.5, 0.6) is 0 Å². The number of benzene rings is 1. The molecule has 0 bridgehead atoms. The monoisotopic (exact) mass is 355 g/mol. The van der Waals surface area contributed by atoms with Crippen molar-refractivity contribution in [1.29, 1.82) is 0 Å². The summed E-state index contributed by atoms with van der Waals surface area (Å²) in [6.07, 6.45) is 1.45. The summed E-state index contributed by atoms with van der Waals surface area (Å²) >= 11 is 0. The highest BCUT2D eigenvalue weighted by atomic mass is 32.2. The second kappa shape index (κ2) is 7.10. The van der Waals surface area contributed by atoms with Crippen molar-refractivity contribution in [3.05, 3.63) is 52.5 Å². The Hall–Kier alpha value is -2.92. The Kier molecular flexibility index (Phi) is 5.16. The first kappa shape index (κ1) is 17.4. The van der Waals surface area contributed by atoms with E-state index in [0.29, 0.717) is 5.76 Å².